The summed E-state index contributed by atoms with van der Waals surface area (Å²) in [7, 11) is 1.59. The van der Waals surface area contributed by atoms with E-state index in [1.807, 2.05) is 35.2 Å². The van der Waals surface area contributed by atoms with Crippen molar-refractivity contribution < 1.29 is 9.53 Å². The molecule has 1 aliphatic rings. The number of aryl methyl sites for hydroxylation is 1. The van der Waals surface area contributed by atoms with Gasteiger partial charge in [0.25, 0.3) is 5.91 Å². The summed E-state index contributed by atoms with van der Waals surface area (Å²) in [6.07, 6.45) is 3.08. The second kappa shape index (κ2) is 7.57. The van der Waals surface area contributed by atoms with Gasteiger partial charge in [-0.2, -0.15) is 0 Å². The van der Waals surface area contributed by atoms with Gasteiger partial charge in [-0.1, -0.05) is 30.3 Å². The number of carbonyl (C=O) groups excluding carboxylic acids is 1. The van der Waals surface area contributed by atoms with E-state index >= 15 is 0 Å². The fourth-order valence-corrected chi connectivity index (χ4v) is 3.35. The first-order valence-corrected chi connectivity index (χ1v) is 8.48. The number of benzene rings is 1. The van der Waals surface area contributed by atoms with Crippen molar-refractivity contribution in [2.45, 2.75) is 38.3 Å². The highest BCUT2D eigenvalue weighted by molar-refractivity contribution is 5.82. The summed E-state index contributed by atoms with van der Waals surface area (Å²) >= 11 is 0. The minimum absolute atomic E-state index is 0.0408. The van der Waals surface area contributed by atoms with Gasteiger partial charge < -0.3 is 14.2 Å². The molecule has 128 valence electrons. The van der Waals surface area contributed by atoms with Gasteiger partial charge in [0, 0.05) is 32.7 Å². The first kappa shape index (κ1) is 16.6. The monoisotopic (exact) mass is 328 g/mol. The van der Waals surface area contributed by atoms with Crippen LogP contribution in [0.3, 0.4) is 0 Å². The molecule has 0 unspecified atom stereocenters. The fraction of sp³-hybridized carbons (Fsp3) is 0.500. The van der Waals surface area contributed by atoms with Crippen LogP contribution in [-0.2, 0) is 16.1 Å². The third kappa shape index (κ3) is 3.33. The van der Waals surface area contributed by atoms with Crippen molar-refractivity contribution >= 4 is 5.91 Å². The zero-order chi connectivity index (χ0) is 16.9. The molecule has 2 aromatic rings. The number of methoxy groups -OCH3 is 1. The van der Waals surface area contributed by atoms with Crippen molar-refractivity contribution in [1.29, 1.82) is 0 Å². The van der Waals surface area contributed by atoms with Crippen LogP contribution in [0, 0.1) is 0 Å². The Morgan fingerprint density at radius 2 is 2.00 bits per heavy atom. The van der Waals surface area contributed by atoms with Crippen molar-refractivity contribution in [2.75, 3.05) is 20.2 Å². The van der Waals surface area contributed by atoms with Gasteiger partial charge in [-0.15, -0.1) is 10.2 Å². The molecule has 24 heavy (non-hydrogen) atoms. The van der Waals surface area contributed by atoms with Gasteiger partial charge >= 0.3 is 0 Å². The largest absolute Gasteiger partial charge is 0.367 e. The van der Waals surface area contributed by atoms with Crippen molar-refractivity contribution in [3.05, 3.63) is 48.0 Å². The van der Waals surface area contributed by atoms with Gasteiger partial charge in [-0.25, -0.2) is 0 Å². The second-order valence-corrected chi connectivity index (χ2v) is 6.10. The van der Waals surface area contributed by atoms with Crippen LogP contribution in [-0.4, -0.2) is 45.8 Å². The summed E-state index contributed by atoms with van der Waals surface area (Å²) < 4.78 is 7.56. The number of hydrogen-bond acceptors (Lipinski definition) is 4. The van der Waals surface area contributed by atoms with Crippen molar-refractivity contribution in [2.24, 2.45) is 0 Å². The molecular formula is C18H24N4O2. The molecule has 0 N–H and O–H groups in total. The zero-order valence-electron chi connectivity index (χ0n) is 14.3. The number of rotatable bonds is 5. The van der Waals surface area contributed by atoms with Crippen LogP contribution in [0.15, 0.2) is 36.7 Å². The third-order valence-electron chi connectivity index (χ3n) is 4.72. The summed E-state index contributed by atoms with van der Waals surface area (Å²) in [5.74, 6) is 1.45. The normalized spacial score (nSPS) is 17.0. The number of aromatic nitrogens is 3. The van der Waals surface area contributed by atoms with Gasteiger partial charge in [0.1, 0.15) is 12.2 Å². The molecule has 1 aromatic heterocycles. The van der Waals surface area contributed by atoms with Gasteiger partial charge in [0.05, 0.1) is 0 Å². The Balaban J connectivity index is 1.64. The number of amides is 1. The second-order valence-electron chi connectivity index (χ2n) is 6.10. The third-order valence-corrected chi connectivity index (χ3v) is 4.72. The molecule has 1 saturated heterocycles. The summed E-state index contributed by atoms with van der Waals surface area (Å²) in [4.78, 5) is 14.7. The Hall–Kier alpha value is -2.21. The average Bonchev–Trinajstić information content (AvgIpc) is 3.12. The molecular weight excluding hydrogens is 304 g/mol. The van der Waals surface area contributed by atoms with Crippen molar-refractivity contribution in [3.63, 3.8) is 0 Å². The molecule has 3 rings (SSSR count). The quantitative estimate of drug-likeness (QED) is 0.845. The van der Waals surface area contributed by atoms with Gasteiger partial charge in [-0.05, 0) is 25.3 Å². The van der Waals surface area contributed by atoms with E-state index in [2.05, 4.69) is 21.7 Å². The molecule has 0 saturated carbocycles. The minimum atomic E-state index is -0.526. The van der Waals surface area contributed by atoms with Gasteiger partial charge in [0.15, 0.2) is 6.10 Å². The van der Waals surface area contributed by atoms with Crippen molar-refractivity contribution in [1.82, 2.24) is 19.7 Å². The maximum absolute atomic E-state index is 12.8. The molecule has 1 fully saturated rings. The van der Waals surface area contributed by atoms with E-state index in [1.54, 1.807) is 13.4 Å². The first-order chi connectivity index (χ1) is 11.7. The number of ether oxygens (including phenoxy) is 1. The Morgan fingerprint density at radius 3 is 2.62 bits per heavy atom. The molecule has 0 radical (unpaired) electrons. The Kier molecular flexibility index (Phi) is 5.25. The molecule has 1 aromatic carbocycles. The Labute approximate surface area is 142 Å². The predicted octanol–water partition coefficient (Wildman–Crippen LogP) is 2.39. The number of nitrogens with zero attached hydrogens (tertiary/aromatic N) is 4. The maximum atomic E-state index is 12.8. The van der Waals surface area contributed by atoms with E-state index in [0.29, 0.717) is 5.92 Å². The van der Waals surface area contributed by atoms with Crippen molar-refractivity contribution in [3.8, 4) is 0 Å². The van der Waals surface area contributed by atoms with Crippen LogP contribution in [0.25, 0.3) is 0 Å². The van der Waals surface area contributed by atoms with Gasteiger partial charge in [-0.3, -0.25) is 4.79 Å². The highest BCUT2D eigenvalue weighted by Crippen LogP contribution is 2.29. The van der Waals surface area contributed by atoms with E-state index in [4.69, 9.17) is 4.74 Å². The van der Waals surface area contributed by atoms with Crippen LogP contribution in [0.2, 0.25) is 0 Å². The fourth-order valence-electron chi connectivity index (χ4n) is 3.35. The smallest absolute Gasteiger partial charge is 0.256 e. The number of likely N-dealkylation sites (tertiary alicyclic amines) is 1. The lowest BCUT2D eigenvalue weighted by atomic mass is 9.95. The van der Waals surface area contributed by atoms with Crippen LogP contribution >= 0.6 is 0 Å². The minimum Gasteiger partial charge on any atom is -0.367 e. The van der Waals surface area contributed by atoms with E-state index in [-0.39, 0.29) is 5.91 Å². The van der Waals surface area contributed by atoms with Crippen LogP contribution in [0.4, 0.5) is 0 Å². The SMILES string of the molecule is CCn1cnnc1C1CCN(C(=O)[C@H](OC)c2ccccc2)CC1. The highest BCUT2D eigenvalue weighted by Gasteiger charge is 2.31. The molecule has 0 bridgehead atoms. The molecule has 1 atom stereocenters. The Bertz CT molecular complexity index is 663. The highest BCUT2D eigenvalue weighted by atomic mass is 16.5. The van der Waals surface area contributed by atoms with Crippen LogP contribution in [0.5, 0.6) is 0 Å². The molecule has 1 amide bonds. The topological polar surface area (TPSA) is 60.2 Å². The molecule has 0 aliphatic carbocycles. The molecule has 6 nitrogen and oxygen atoms in total. The predicted molar refractivity (Wildman–Crippen MR) is 90.4 cm³/mol. The lowest BCUT2D eigenvalue weighted by Gasteiger charge is -2.33. The number of hydrogen-bond donors (Lipinski definition) is 0. The first-order valence-electron chi connectivity index (χ1n) is 8.48. The molecule has 6 heteroatoms. The summed E-state index contributed by atoms with van der Waals surface area (Å²) in [6, 6.07) is 9.66. The molecule has 0 spiro atoms. The lowest BCUT2D eigenvalue weighted by Crippen LogP contribution is -2.41. The summed E-state index contributed by atoms with van der Waals surface area (Å²) in [5.41, 5.74) is 0.901. The van der Waals surface area contributed by atoms with E-state index in [0.717, 1.165) is 43.9 Å². The van der Waals surface area contributed by atoms with E-state index < -0.39 is 6.10 Å². The number of carbonyl (C=O) groups is 1. The molecule has 2 heterocycles. The maximum Gasteiger partial charge on any atom is 0.256 e. The van der Waals surface area contributed by atoms with Crippen LogP contribution in [0.1, 0.15) is 43.2 Å². The Morgan fingerprint density at radius 1 is 1.29 bits per heavy atom. The number of piperidine rings is 1. The van der Waals surface area contributed by atoms with E-state index in [9.17, 15) is 4.79 Å². The van der Waals surface area contributed by atoms with Crippen LogP contribution < -0.4 is 0 Å². The lowest BCUT2D eigenvalue weighted by molar-refractivity contribution is -0.143. The molecule has 1 aliphatic heterocycles. The summed E-state index contributed by atoms with van der Waals surface area (Å²) in [6.45, 7) is 4.43. The average molecular weight is 328 g/mol. The zero-order valence-corrected chi connectivity index (χ0v) is 14.3. The summed E-state index contributed by atoms with van der Waals surface area (Å²) in [5, 5.41) is 8.28. The van der Waals surface area contributed by atoms with E-state index in [1.165, 1.54) is 0 Å². The van der Waals surface area contributed by atoms with Gasteiger partial charge in [0.2, 0.25) is 0 Å². The standard InChI is InChI=1S/C18H24N4O2/c1-3-21-13-19-20-17(21)15-9-11-22(12-10-15)18(23)16(24-2)14-7-5-4-6-8-14/h4-8,13,15-16H,3,9-12H2,1-2H3/t16-/m1/s1.